The molecular weight excluding hydrogens is 479 g/mol. The number of nitrogens with one attached hydrogen (secondary N) is 1. The van der Waals surface area contributed by atoms with Crippen molar-refractivity contribution in [2.45, 2.75) is 52.2 Å². The highest BCUT2D eigenvalue weighted by atomic mass is 35.5. The first-order valence-electron chi connectivity index (χ1n) is 11.8. The Morgan fingerprint density at radius 1 is 1.03 bits per heavy atom. The molecule has 0 fully saturated rings. The van der Waals surface area contributed by atoms with E-state index >= 15 is 0 Å². The Hall–Kier alpha value is -3.38. The lowest BCUT2D eigenvalue weighted by Crippen LogP contribution is -2.55. The zero-order valence-electron chi connectivity index (χ0n) is 21.1. The van der Waals surface area contributed by atoms with Crippen molar-refractivity contribution in [2.75, 3.05) is 6.61 Å². The molecule has 0 aliphatic carbocycles. The summed E-state index contributed by atoms with van der Waals surface area (Å²) in [5.74, 6) is -0.719. The van der Waals surface area contributed by atoms with Gasteiger partial charge in [0.25, 0.3) is 5.91 Å². The second kappa shape index (κ2) is 12.0. The molecule has 2 amide bonds. The van der Waals surface area contributed by atoms with Gasteiger partial charge in [0.05, 0.1) is 0 Å². The summed E-state index contributed by atoms with van der Waals surface area (Å²) < 4.78 is 20.4. The minimum absolute atomic E-state index is 0.0798. The summed E-state index contributed by atoms with van der Waals surface area (Å²) in [7, 11) is 0. The number of benzene rings is 3. The third-order valence-corrected chi connectivity index (χ3v) is 5.98. The maximum atomic E-state index is 14.6. The van der Waals surface area contributed by atoms with Gasteiger partial charge in [0.1, 0.15) is 17.6 Å². The Morgan fingerprint density at radius 2 is 1.69 bits per heavy atom. The second-order valence-electron chi connectivity index (χ2n) is 9.76. The van der Waals surface area contributed by atoms with E-state index in [-0.39, 0.29) is 25.5 Å². The third kappa shape index (κ3) is 7.82. The number of hydrogen-bond donors (Lipinski definition) is 1. The number of amides is 2. The number of carbonyl (C=O) groups excluding carboxylic acids is 2. The van der Waals surface area contributed by atoms with E-state index in [0.29, 0.717) is 16.3 Å². The monoisotopic (exact) mass is 510 g/mol. The molecular formula is C29H32ClFN2O3. The number of ether oxygens (including phenoxy) is 1. The Bertz CT molecular complexity index is 1190. The first-order chi connectivity index (χ1) is 17.0. The van der Waals surface area contributed by atoms with Gasteiger partial charge >= 0.3 is 0 Å². The van der Waals surface area contributed by atoms with Crippen molar-refractivity contribution in [1.82, 2.24) is 10.2 Å². The van der Waals surface area contributed by atoms with Crippen LogP contribution in [0.1, 0.15) is 37.5 Å². The number of nitrogens with zero attached hydrogens (tertiary/aromatic N) is 1. The van der Waals surface area contributed by atoms with Gasteiger partial charge in [0.15, 0.2) is 6.61 Å². The number of hydrogen-bond acceptors (Lipinski definition) is 3. The largest absolute Gasteiger partial charge is 0.484 e. The smallest absolute Gasteiger partial charge is 0.261 e. The molecule has 0 aromatic heterocycles. The summed E-state index contributed by atoms with van der Waals surface area (Å²) in [6.45, 7) is 7.07. The lowest BCUT2D eigenvalue weighted by Gasteiger charge is -2.33. The molecule has 3 aromatic carbocycles. The Labute approximate surface area is 217 Å². The first kappa shape index (κ1) is 27.2. The van der Waals surface area contributed by atoms with Gasteiger partial charge in [-0.3, -0.25) is 9.59 Å². The summed E-state index contributed by atoms with van der Waals surface area (Å²) in [6, 6.07) is 19.9. The Balaban J connectivity index is 1.94. The minimum Gasteiger partial charge on any atom is -0.484 e. The number of halogens is 2. The van der Waals surface area contributed by atoms with Crippen LogP contribution in [0.2, 0.25) is 5.02 Å². The average Bonchev–Trinajstić information content (AvgIpc) is 2.82. The van der Waals surface area contributed by atoms with Crippen molar-refractivity contribution < 1.29 is 18.7 Å². The molecule has 0 radical (unpaired) electrons. The van der Waals surface area contributed by atoms with Crippen LogP contribution in [0.4, 0.5) is 4.39 Å². The first-order valence-corrected chi connectivity index (χ1v) is 12.2. The predicted octanol–water partition coefficient (Wildman–Crippen LogP) is 5.72. The zero-order valence-corrected chi connectivity index (χ0v) is 21.8. The molecule has 3 rings (SSSR count). The molecule has 0 aliphatic heterocycles. The Kier molecular flexibility index (Phi) is 9.10. The van der Waals surface area contributed by atoms with Crippen LogP contribution < -0.4 is 10.1 Å². The van der Waals surface area contributed by atoms with Crippen molar-refractivity contribution in [3.8, 4) is 5.75 Å². The van der Waals surface area contributed by atoms with Crippen LogP contribution in [0.3, 0.4) is 0 Å². The van der Waals surface area contributed by atoms with Gasteiger partial charge in [0.2, 0.25) is 5.91 Å². The van der Waals surface area contributed by atoms with Gasteiger partial charge in [-0.25, -0.2) is 4.39 Å². The topological polar surface area (TPSA) is 58.6 Å². The van der Waals surface area contributed by atoms with E-state index in [1.54, 1.807) is 36.4 Å². The second-order valence-corrected chi connectivity index (χ2v) is 10.2. The van der Waals surface area contributed by atoms with E-state index in [1.807, 2.05) is 58.0 Å². The average molecular weight is 511 g/mol. The fraction of sp³-hybridized carbons (Fsp3) is 0.310. The van der Waals surface area contributed by atoms with Gasteiger partial charge in [-0.05, 0) is 63.1 Å². The van der Waals surface area contributed by atoms with Gasteiger partial charge < -0.3 is 15.0 Å². The zero-order chi connectivity index (χ0) is 26.3. The molecule has 7 heteroatoms. The van der Waals surface area contributed by atoms with Crippen molar-refractivity contribution in [2.24, 2.45) is 0 Å². The highest BCUT2D eigenvalue weighted by Crippen LogP contribution is 2.22. The molecule has 0 bridgehead atoms. The summed E-state index contributed by atoms with van der Waals surface area (Å²) in [6.07, 6.45) is 0.267. The minimum atomic E-state index is -0.880. The molecule has 0 saturated carbocycles. The number of aryl methyl sites for hydroxylation is 1. The molecule has 190 valence electrons. The molecule has 1 N–H and O–H groups in total. The van der Waals surface area contributed by atoms with E-state index < -0.39 is 23.3 Å². The molecule has 0 unspecified atom stereocenters. The van der Waals surface area contributed by atoms with E-state index in [4.69, 9.17) is 16.3 Å². The normalized spacial score (nSPS) is 12.1. The van der Waals surface area contributed by atoms with Crippen molar-refractivity contribution in [3.05, 3.63) is 100 Å². The van der Waals surface area contributed by atoms with Crippen LogP contribution in [-0.4, -0.2) is 34.9 Å². The summed E-state index contributed by atoms with van der Waals surface area (Å²) in [4.78, 5) is 28.4. The van der Waals surface area contributed by atoms with E-state index in [1.165, 1.54) is 11.0 Å². The van der Waals surface area contributed by atoms with Gasteiger partial charge in [-0.2, -0.15) is 0 Å². The molecule has 0 aliphatic rings. The van der Waals surface area contributed by atoms with Crippen LogP contribution in [0.15, 0.2) is 72.8 Å². The highest BCUT2D eigenvalue weighted by molar-refractivity contribution is 6.31. The van der Waals surface area contributed by atoms with Gasteiger partial charge in [-0.1, -0.05) is 60.1 Å². The summed E-state index contributed by atoms with van der Waals surface area (Å²) >= 11 is 6.09. The van der Waals surface area contributed by atoms with Gasteiger partial charge in [-0.15, -0.1) is 0 Å². The lowest BCUT2D eigenvalue weighted by atomic mass is 10.0. The summed E-state index contributed by atoms with van der Waals surface area (Å²) in [5.41, 5.74) is 1.49. The number of carbonyl (C=O) groups is 2. The molecule has 0 heterocycles. The molecule has 5 nitrogen and oxygen atoms in total. The van der Waals surface area contributed by atoms with Crippen molar-refractivity contribution >= 4 is 23.4 Å². The molecule has 36 heavy (non-hydrogen) atoms. The quantitative estimate of drug-likeness (QED) is 0.400. The molecule has 0 spiro atoms. The Morgan fingerprint density at radius 3 is 2.33 bits per heavy atom. The van der Waals surface area contributed by atoms with E-state index in [2.05, 4.69) is 5.32 Å². The lowest BCUT2D eigenvalue weighted by molar-refractivity contribution is -0.143. The van der Waals surface area contributed by atoms with Crippen molar-refractivity contribution in [1.29, 1.82) is 0 Å². The molecule has 0 saturated heterocycles. The van der Waals surface area contributed by atoms with Crippen LogP contribution in [0.25, 0.3) is 0 Å². The molecule has 1 atom stereocenters. The number of rotatable bonds is 9. The fourth-order valence-corrected chi connectivity index (χ4v) is 3.87. The SMILES string of the molecule is Cc1cc(OCC(=O)N(Cc2ccccc2F)[C@H](Cc2ccccc2)C(=O)NC(C)(C)C)ccc1Cl. The van der Waals surface area contributed by atoms with Gasteiger partial charge in [0, 0.05) is 29.1 Å². The standard InChI is InChI=1S/C29H32ClFN2O3/c1-20-16-23(14-15-24(20)30)36-19-27(34)33(18-22-12-8-9-13-25(22)31)26(28(35)32-29(2,3)4)17-21-10-6-5-7-11-21/h5-16,26H,17-19H2,1-4H3,(H,32,35)/t26-/m1/s1. The van der Waals surface area contributed by atoms with E-state index in [9.17, 15) is 14.0 Å². The highest BCUT2D eigenvalue weighted by Gasteiger charge is 2.33. The third-order valence-electron chi connectivity index (χ3n) is 5.56. The fourth-order valence-electron chi connectivity index (χ4n) is 3.75. The maximum absolute atomic E-state index is 14.6. The van der Waals surface area contributed by atoms with Crippen LogP contribution in [0.5, 0.6) is 5.75 Å². The van der Waals surface area contributed by atoms with E-state index in [0.717, 1.165) is 11.1 Å². The van der Waals surface area contributed by atoms with Crippen LogP contribution in [0, 0.1) is 12.7 Å². The maximum Gasteiger partial charge on any atom is 0.261 e. The van der Waals surface area contributed by atoms with Crippen LogP contribution in [-0.2, 0) is 22.6 Å². The summed E-state index contributed by atoms with van der Waals surface area (Å²) in [5, 5.41) is 3.57. The van der Waals surface area contributed by atoms with Crippen LogP contribution >= 0.6 is 11.6 Å². The molecule has 3 aromatic rings. The van der Waals surface area contributed by atoms with Crippen molar-refractivity contribution in [3.63, 3.8) is 0 Å². The predicted molar refractivity (Wildman–Crippen MR) is 140 cm³/mol.